The van der Waals surface area contributed by atoms with E-state index in [1.807, 2.05) is 28.2 Å². The predicted octanol–water partition coefficient (Wildman–Crippen LogP) is 4.22. The molecule has 0 spiro atoms. The van der Waals surface area contributed by atoms with Crippen molar-refractivity contribution < 1.29 is 22.8 Å². The van der Waals surface area contributed by atoms with Crippen LogP contribution in [0, 0.1) is 24.4 Å². The smallest absolute Gasteiger partial charge is 0.259 e. The lowest BCUT2D eigenvalue weighted by molar-refractivity contribution is -0.122. The Balaban J connectivity index is 1.61. The maximum absolute atomic E-state index is 14.6. The zero-order valence-corrected chi connectivity index (χ0v) is 18.1. The average molecular weight is 464 g/mol. The molecule has 0 saturated carbocycles. The Kier molecular flexibility index (Phi) is 5.31. The van der Waals surface area contributed by atoms with E-state index in [1.54, 1.807) is 30.9 Å². The molecule has 9 heteroatoms. The molecule has 5 rings (SSSR count). The van der Waals surface area contributed by atoms with Crippen molar-refractivity contribution in [1.29, 1.82) is 0 Å². The standard InChI is InChI=1S/C25H19F3N4O2/c1-14-11-29-13-32(14)8-4-7-31-12-17(15-5-2-3-6-21(15)31)23-22(24(33)30-25(23)34)16-9-19(27)20(28)10-18(16)26/h2-3,5-6,9-13H,4,7-8H2,1H3,(H,30,33,34). The van der Waals surface area contributed by atoms with Gasteiger partial charge in [0.15, 0.2) is 11.6 Å². The third-order valence-corrected chi connectivity index (χ3v) is 5.99. The molecule has 2 amide bonds. The third-order valence-electron chi connectivity index (χ3n) is 5.99. The first-order valence-corrected chi connectivity index (χ1v) is 10.6. The summed E-state index contributed by atoms with van der Waals surface area (Å²) < 4.78 is 46.0. The summed E-state index contributed by atoms with van der Waals surface area (Å²) in [7, 11) is 0. The molecule has 2 aromatic carbocycles. The minimum Gasteiger partial charge on any atom is -0.347 e. The van der Waals surface area contributed by atoms with E-state index in [1.165, 1.54) is 0 Å². The Bertz CT molecular complexity index is 1500. The van der Waals surface area contributed by atoms with E-state index in [4.69, 9.17) is 0 Å². The zero-order chi connectivity index (χ0) is 24.0. The summed E-state index contributed by atoms with van der Waals surface area (Å²) in [5, 5.41) is 2.84. The van der Waals surface area contributed by atoms with E-state index in [9.17, 15) is 22.8 Å². The second-order valence-corrected chi connectivity index (χ2v) is 8.11. The van der Waals surface area contributed by atoms with Crippen LogP contribution in [0.25, 0.3) is 22.0 Å². The molecule has 0 saturated heterocycles. The van der Waals surface area contributed by atoms with Crippen LogP contribution in [0.2, 0.25) is 0 Å². The molecule has 6 nitrogen and oxygen atoms in total. The number of fused-ring (bicyclic) bond motifs is 1. The molecule has 3 heterocycles. The van der Waals surface area contributed by atoms with Crippen molar-refractivity contribution in [2.45, 2.75) is 26.4 Å². The molecule has 0 unspecified atom stereocenters. The molecule has 0 aliphatic carbocycles. The number of hydrogen-bond donors (Lipinski definition) is 1. The Labute approximate surface area is 192 Å². The van der Waals surface area contributed by atoms with Crippen molar-refractivity contribution in [2.75, 3.05) is 0 Å². The highest BCUT2D eigenvalue weighted by Crippen LogP contribution is 2.37. The minimum atomic E-state index is -1.38. The van der Waals surface area contributed by atoms with E-state index in [-0.39, 0.29) is 11.1 Å². The van der Waals surface area contributed by atoms with E-state index in [0.717, 1.165) is 24.2 Å². The summed E-state index contributed by atoms with van der Waals surface area (Å²) in [6.45, 7) is 3.31. The van der Waals surface area contributed by atoms with Crippen molar-refractivity contribution in [2.24, 2.45) is 0 Å². The first-order chi connectivity index (χ1) is 16.3. The highest BCUT2D eigenvalue weighted by atomic mass is 19.2. The Morgan fingerprint density at radius 3 is 2.29 bits per heavy atom. The average Bonchev–Trinajstić information content (AvgIpc) is 3.46. The van der Waals surface area contributed by atoms with Gasteiger partial charge in [-0.05, 0) is 25.5 Å². The van der Waals surface area contributed by atoms with Crippen molar-refractivity contribution in [1.82, 2.24) is 19.4 Å². The molecular formula is C25H19F3N4O2. The SMILES string of the molecule is Cc1cncn1CCCn1cc(C2=C(c3cc(F)c(F)cc3F)C(=O)NC2=O)c2ccccc21. The molecule has 1 aliphatic rings. The van der Waals surface area contributed by atoms with Gasteiger partial charge >= 0.3 is 0 Å². The van der Waals surface area contributed by atoms with Crippen LogP contribution >= 0.6 is 0 Å². The molecule has 0 atom stereocenters. The molecule has 1 N–H and O–H groups in total. The lowest BCUT2D eigenvalue weighted by atomic mass is 9.95. The van der Waals surface area contributed by atoms with Crippen LogP contribution in [0.1, 0.15) is 23.2 Å². The first-order valence-electron chi connectivity index (χ1n) is 10.6. The van der Waals surface area contributed by atoms with Gasteiger partial charge in [0.05, 0.1) is 17.5 Å². The first kappa shape index (κ1) is 21.7. The summed E-state index contributed by atoms with van der Waals surface area (Å²) in [6, 6.07) is 8.29. The van der Waals surface area contributed by atoms with Gasteiger partial charge in [0.25, 0.3) is 11.8 Å². The fraction of sp³-hybridized carbons (Fsp3) is 0.160. The second-order valence-electron chi connectivity index (χ2n) is 8.11. The monoisotopic (exact) mass is 464 g/mol. The number of imidazole rings is 1. The van der Waals surface area contributed by atoms with Crippen molar-refractivity contribution in [3.63, 3.8) is 0 Å². The number of amides is 2. The zero-order valence-electron chi connectivity index (χ0n) is 18.1. The number of aryl methyl sites for hydroxylation is 3. The number of halogens is 3. The molecule has 0 bridgehead atoms. The van der Waals surface area contributed by atoms with Crippen LogP contribution in [0.15, 0.2) is 55.1 Å². The number of hydrogen-bond acceptors (Lipinski definition) is 3. The number of imide groups is 1. The predicted molar refractivity (Wildman–Crippen MR) is 120 cm³/mol. The number of carbonyl (C=O) groups excluding carboxylic acids is 2. The number of rotatable bonds is 6. The quantitative estimate of drug-likeness (QED) is 0.343. The normalized spacial score (nSPS) is 13.9. The largest absolute Gasteiger partial charge is 0.347 e. The van der Waals surface area contributed by atoms with Crippen molar-refractivity contribution in [3.8, 4) is 0 Å². The topological polar surface area (TPSA) is 68.9 Å². The third kappa shape index (κ3) is 3.59. The second kappa shape index (κ2) is 8.33. The van der Waals surface area contributed by atoms with E-state index >= 15 is 0 Å². The molecule has 34 heavy (non-hydrogen) atoms. The van der Waals surface area contributed by atoms with Gasteiger partial charge in [0, 0.05) is 59.3 Å². The summed E-state index contributed by atoms with van der Waals surface area (Å²) >= 11 is 0. The van der Waals surface area contributed by atoms with Gasteiger partial charge < -0.3 is 9.13 Å². The maximum Gasteiger partial charge on any atom is 0.259 e. The Morgan fingerprint density at radius 2 is 1.56 bits per heavy atom. The van der Waals surface area contributed by atoms with Crippen LogP contribution in [-0.2, 0) is 22.7 Å². The number of para-hydroxylation sites is 1. The molecule has 4 aromatic rings. The fourth-order valence-corrected chi connectivity index (χ4v) is 4.35. The summed E-state index contributed by atoms with van der Waals surface area (Å²) in [5.74, 6) is -5.40. The number of aromatic nitrogens is 3. The van der Waals surface area contributed by atoms with Gasteiger partial charge in [-0.1, -0.05) is 18.2 Å². The van der Waals surface area contributed by atoms with E-state index < -0.39 is 34.8 Å². The molecule has 0 fully saturated rings. The van der Waals surface area contributed by atoms with Crippen LogP contribution in [0.4, 0.5) is 13.2 Å². The Hall–Kier alpha value is -4.14. The van der Waals surface area contributed by atoms with Gasteiger partial charge in [-0.3, -0.25) is 14.9 Å². The summed E-state index contributed by atoms with van der Waals surface area (Å²) in [4.78, 5) is 29.5. The van der Waals surface area contributed by atoms with E-state index in [2.05, 4.69) is 10.3 Å². The van der Waals surface area contributed by atoms with Gasteiger partial charge in [-0.25, -0.2) is 18.2 Å². The number of nitrogens with one attached hydrogen (secondary N) is 1. The van der Waals surface area contributed by atoms with Crippen molar-refractivity contribution in [3.05, 3.63) is 89.4 Å². The van der Waals surface area contributed by atoms with Crippen LogP contribution in [0.5, 0.6) is 0 Å². The summed E-state index contributed by atoms with van der Waals surface area (Å²) in [5.41, 5.74) is 1.42. The van der Waals surface area contributed by atoms with Gasteiger partial charge in [0.2, 0.25) is 0 Å². The highest BCUT2D eigenvalue weighted by molar-refractivity contribution is 6.50. The number of benzene rings is 2. The molecule has 1 aliphatic heterocycles. The van der Waals surface area contributed by atoms with E-state index in [0.29, 0.717) is 29.6 Å². The molecular weight excluding hydrogens is 445 g/mol. The lowest BCUT2D eigenvalue weighted by Gasteiger charge is -2.07. The molecule has 2 aromatic heterocycles. The Morgan fingerprint density at radius 1 is 0.882 bits per heavy atom. The number of nitrogens with zero attached hydrogens (tertiary/aromatic N) is 3. The van der Waals surface area contributed by atoms with Gasteiger partial charge in [-0.2, -0.15) is 0 Å². The lowest BCUT2D eigenvalue weighted by Crippen LogP contribution is -2.23. The molecule has 0 radical (unpaired) electrons. The minimum absolute atomic E-state index is 0.0738. The van der Waals surface area contributed by atoms with Crippen LogP contribution in [0.3, 0.4) is 0 Å². The highest BCUT2D eigenvalue weighted by Gasteiger charge is 2.35. The summed E-state index contributed by atoms with van der Waals surface area (Å²) in [6.07, 6.45) is 6.04. The van der Waals surface area contributed by atoms with Crippen LogP contribution < -0.4 is 5.32 Å². The van der Waals surface area contributed by atoms with Crippen LogP contribution in [-0.4, -0.2) is 25.9 Å². The van der Waals surface area contributed by atoms with Gasteiger partial charge in [-0.15, -0.1) is 0 Å². The maximum atomic E-state index is 14.6. The molecule has 172 valence electrons. The fourth-order valence-electron chi connectivity index (χ4n) is 4.35. The van der Waals surface area contributed by atoms with Gasteiger partial charge in [0.1, 0.15) is 5.82 Å². The van der Waals surface area contributed by atoms with Crippen molar-refractivity contribution >= 4 is 33.9 Å². The number of carbonyl (C=O) groups is 2.